The molecule has 146 valence electrons. The first-order valence-electron chi connectivity index (χ1n) is 7.89. The van der Waals surface area contributed by atoms with E-state index >= 15 is 0 Å². The molecule has 0 amide bonds. The van der Waals surface area contributed by atoms with Crippen LogP contribution in [-0.4, -0.2) is 34.6 Å². The van der Waals surface area contributed by atoms with E-state index in [2.05, 4.69) is 6.58 Å². The van der Waals surface area contributed by atoms with Gasteiger partial charge in [-0.05, 0) is 32.6 Å². The van der Waals surface area contributed by atoms with Gasteiger partial charge in [-0.3, -0.25) is 0 Å². The zero-order chi connectivity index (χ0) is 19.7. The van der Waals surface area contributed by atoms with Gasteiger partial charge in [0.15, 0.2) is 0 Å². The first-order valence-corrected chi connectivity index (χ1v) is 7.89. The highest BCUT2D eigenvalue weighted by atomic mass is 19.4. The third-order valence-corrected chi connectivity index (χ3v) is 4.69. The first-order chi connectivity index (χ1) is 11.1. The van der Waals surface area contributed by atoms with Gasteiger partial charge in [-0.25, -0.2) is 4.79 Å². The second-order valence-corrected chi connectivity index (χ2v) is 6.85. The summed E-state index contributed by atoms with van der Waals surface area (Å²) in [6, 6.07) is 0. The molecule has 0 spiro atoms. The molecule has 1 fully saturated rings. The molecule has 0 heterocycles. The van der Waals surface area contributed by atoms with E-state index < -0.39 is 41.9 Å². The third kappa shape index (κ3) is 4.68. The normalized spacial score (nSPS) is 20.0. The van der Waals surface area contributed by atoms with Crippen molar-refractivity contribution in [3.63, 3.8) is 0 Å². The second kappa shape index (κ2) is 7.17. The highest BCUT2D eigenvalue weighted by Gasteiger charge is 2.72. The van der Waals surface area contributed by atoms with Gasteiger partial charge in [0.05, 0.1) is 0 Å². The van der Waals surface area contributed by atoms with Crippen molar-refractivity contribution < 1.29 is 41.0 Å². The zero-order valence-electron chi connectivity index (χ0n) is 14.1. The Labute approximate surface area is 142 Å². The maximum atomic E-state index is 13.1. The zero-order valence-corrected chi connectivity index (χ0v) is 14.1. The van der Waals surface area contributed by atoms with Crippen molar-refractivity contribution in [2.24, 2.45) is 5.92 Å². The van der Waals surface area contributed by atoms with Crippen LogP contribution in [0.15, 0.2) is 12.2 Å². The molecular formula is C16H22F6O3. The van der Waals surface area contributed by atoms with E-state index in [-0.39, 0.29) is 5.57 Å². The van der Waals surface area contributed by atoms with Crippen LogP contribution in [0.4, 0.5) is 26.3 Å². The first kappa shape index (κ1) is 21.8. The summed E-state index contributed by atoms with van der Waals surface area (Å²) in [5, 5.41) is 9.54. The lowest BCUT2D eigenvalue weighted by atomic mass is 9.72. The quantitative estimate of drug-likeness (QED) is 0.430. The second-order valence-electron chi connectivity index (χ2n) is 6.85. The van der Waals surface area contributed by atoms with Crippen molar-refractivity contribution in [2.45, 2.75) is 75.9 Å². The minimum atomic E-state index is -5.96. The molecule has 0 saturated heterocycles. The molecule has 1 rings (SSSR count). The van der Waals surface area contributed by atoms with Crippen LogP contribution in [-0.2, 0) is 9.53 Å². The monoisotopic (exact) mass is 376 g/mol. The molecule has 0 aromatic heterocycles. The number of hydrogen-bond acceptors (Lipinski definition) is 3. The number of alkyl halides is 6. The molecule has 0 aliphatic heterocycles. The summed E-state index contributed by atoms with van der Waals surface area (Å²) in [6.07, 6.45) is -11.1. The summed E-state index contributed by atoms with van der Waals surface area (Å²) >= 11 is 0. The van der Waals surface area contributed by atoms with Gasteiger partial charge in [-0.1, -0.05) is 25.8 Å². The van der Waals surface area contributed by atoms with Crippen molar-refractivity contribution in [3.05, 3.63) is 12.2 Å². The number of carbonyl (C=O) groups excluding carboxylic acids is 1. The fourth-order valence-corrected chi connectivity index (χ4v) is 3.15. The lowest BCUT2D eigenvalue weighted by Gasteiger charge is -2.44. The van der Waals surface area contributed by atoms with Crippen LogP contribution in [0.3, 0.4) is 0 Å². The Kier molecular flexibility index (Phi) is 6.25. The number of halogens is 6. The Bertz CT molecular complexity index is 491. The number of ether oxygens (including phenoxy) is 1. The van der Waals surface area contributed by atoms with Crippen LogP contribution in [0.2, 0.25) is 0 Å². The molecule has 1 aliphatic carbocycles. The fraction of sp³-hybridized carbons (Fsp3) is 0.812. The molecule has 0 aromatic rings. The molecule has 1 N–H and O–H groups in total. The molecule has 3 nitrogen and oxygen atoms in total. The molecule has 1 unspecified atom stereocenters. The molecule has 1 aliphatic rings. The van der Waals surface area contributed by atoms with E-state index in [0.717, 1.165) is 13.3 Å². The van der Waals surface area contributed by atoms with Gasteiger partial charge in [0.25, 0.3) is 5.60 Å². The Morgan fingerprint density at radius 1 is 1.08 bits per heavy atom. The van der Waals surface area contributed by atoms with Crippen LogP contribution in [0.5, 0.6) is 0 Å². The van der Waals surface area contributed by atoms with E-state index in [9.17, 15) is 36.2 Å². The predicted molar refractivity (Wildman–Crippen MR) is 77.6 cm³/mol. The van der Waals surface area contributed by atoms with Gasteiger partial charge in [0.2, 0.25) is 0 Å². The molecule has 1 atom stereocenters. The topological polar surface area (TPSA) is 46.5 Å². The van der Waals surface area contributed by atoms with E-state index in [4.69, 9.17) is 4.74 Å². The van der Waals surface area contributed by atoms with Crippen molar-refractivity contribution in [3.8, 4) is 0 Å². The summed E-state index contributed by atoms with van der Waals surface area (Å²) in [6.45, 7) is 5.56. The highest BCUT2D eigenvalue weighted by molar-refractivity contribution is 5.87. The van der Waals surface area contributed by atoms with Gasteiger partial charge in [-0.2, -0.15) is 26.3 Å². The minimum absolute atomic E-state index is 0.149. The van der Waals surface area contributed by atoms with Crippen molar-refractivity contribution in [1.29, 1.82) is 0 Å². The fourth-order valence-electron chi connectivity index (χ4n) is 3.15. The smallest absolute Gasteiger partial charge is 0.426 e. The van der Waals surface area contributed by atoms with Gasteiger partial charge in [-0.15, -0.1) is 0 Å². The summed E-state index contributed by atoms with van der Waals surface area (Å²) in [4.78, 5) is 11.8. The average molecular weight is 376 g/mol. The Morgan fingerprint density at radius 3 is 1.88 bits per heavy atom. The van der Waals surface area contributed by atoms with Crippen molar-refractivity contribution >= 4 is 5.97 Å². The molecule has 0 bridgehead atoms. The van der Waals surface area contributed by atoms with Crippen LogP contribution < -0.4 is 0 Å². The molecule has 0 aromatic carbocycles. The number of aliphatic hydroxyl groups is 1. The largest absolute Gasteiger partial charge is 0.456 e. The predicted octanol–water partition coefficient (Wildman–Crippen LogP) is 4.69. The van der Waals surface area contributed by atoms with Crippen molar-refractivity contribution in [2.75, 3.05) is 0 Å². The number of hydrogen-bond donors (Lipinski definition) is 1. The standard InChI is InChI=1S/C16H22F6O3/c1-10(2)12(23)25-13(3,11-7-5-4-6-8-11)9-14(24,15(17,18)19)16(20,21)22/h11,24H,1,4-9H2,2-3H3. The van der Waals surface area contributed by atoms with Crippen LogP contribution >= 0.6 is 0 Å². The Morgan fingerprint density at radius 2 is 1.52 bits per heavy atom. The van der Waals surface area contributed by atoms with Gasteiger partial charge in [0, 0.05) is 12.0 Å². The van der Waals surface area contributed by atoms with Gasteiger partial charge in [0.1, 0.15) is 5.60 Å². The van der Waals surface area contributed by atoms with Gasteiger partial charge >= 0.3 is 18.3 Å². The van der Waals surface area contributed by atoms with E-state index in [0.29, 0.717) is 25.7 Å². The lowest BCUT2D eigenvalue weighted by Crippen LogP contribution is -2.62. The SMILES string of the molecule is C=C(C)C(=O)OC(C)(CC(O)(C(F)(F)F)C(F)(F)F)C1CCCCC1. The lowest BCUT2D eigenvalue weighted by molar-refractivity contribution is -0.379. The maximum absolute atomic E-state index is 13.1. The summed E-state index contributed by atoms with van der Waals surface area (Å²) < 4.78 is 83.4. The summed E-state index contributed by atoms with van der Waals surface area (Å²) in [5.41, 5.74) is -7.25. The van der Waals surface area contributed by atoms with Crippen molar-refractivity contribution in [1.82, 2.24) is 0 Å². The van der Waals surface area contributed by atoms with Crippen LogP contribution in [0, 0.1) is 5.92 Å². The maximum Gasteiger partial charge on any atom is 0.426 e. The minimum Gasteiger partial charge on any atom is -0.456 e. The third-order valence-electron chi connectivity index (χ3n) is 4.69. The number of rotatable bonds is 5. The molecule has 25 heavy (non-hydrogen) atoms. The number of carbonyl (C=O) groups is 1. The van der Waals surface area contributed by atoms with E-state index in [1.165, 1.54) is 6.92 Å². The van der Waals surface area contributed by atoms with E-state index in [1.54, 1.807) is 0 Å². The molecule has 1 saturated carbocycles. The number of esters is 1. The van der Waals surface area contributed by atoms with E-state index in [1.807, 2.05) is 0 Å². The average Bonchev–Trinajstić information content (AvgIpc) is 2.45. The molecule has 9 heteroatoms. The highest BCUT2D eigenvalue weighted by Crippen LogP contribution is 2.51. The van der Waals surface area contributed by atoms with Crippen LogP contribution in [0.25, 0.3) is 0 Å². The summed E-state index contributed by atoms with van der Waals surface area (Å²) in [7, 11) is 0. The summed E-state index contributed by atoms with van der Waals surface area (Å²) in [5.74, 6) is -1.81. The Balaban J connectivity index is 3.30. The van der Waals surface area contributed by atoms with Crippen LogP contribution in [0.1, 0.15) is 52.4 Å². The Hall–Kier alpha value is -1.25. The van der Waals surface area contributed by atoms with Gasteiger partial charge < -0.3 is 9.84 Å². The molecule has 0 radical (unpaired) electrons. The molecular weight excluding hydrogens is 354 g/mol.